The van der Waals surface area contributed by atoms with Gasteiger partial charge in [-0.2, -0.15) is 0 Å². The third-order valence-electron chi connectivity index (χ3n) is 11.2. The molecule has 0 spiro atoms. The summed E-state index contributed by atoms with van der Waals surface area (Å²) in [5, 5.41) is 16.0. The summed E-state index contributed by atoms with van der Waals surface area (Å²) >= 11 is 0. The number of carbonyl (C=O) groups excluding carboxylic acids is 3. The van der Waals surface area contributed by atoms with Crippen molar-refractivity contribution in [3.8, 4) is 0 Å². The number of hydrogen-bond donors (Lipinski definition) is 3. The highest BCUT2D eigenvalue weighted by molar-refractivity contribution is 7.89. The Kier molecular flexibility index (Phi) is 17.8. The second kappa shape index (κ2) is 20.9. The van der Waals surface area contributed by atoms with Crippen molar-refractivity contribution in [3.05, 3.63) is 0 Å². The van der Waals surface area contributed by atoms with Gasteiger partial charge in [0.2, 0.25) is 27.7 Å². The summed E-state index contributed by atoms with van der Waals surface area (Å²) in [6, 6.07) is -0.553. The van der Waals surface area contributed by atoms with Crippen LogP contribution in [0.4, 0.5) is 0 Å². The first-order valence-corrected chi connectivity index (χ1v) is 21.1. The number of sulfonamides is 1. The van der Waals surface area contributed by atoms with E-state index >= 15 is 0 Å². The third-order valence-corrected chi connectivity index (χ3v) is 13.4. The van der Waals surface area contributed by atoms with Crippen molar-refractivity contribution in [2.24, 2.45) is 23.7 Å². The van der Waals surface area contributed by atoms with Crippen LogP contribution < -0.4 is 10.7 Å². The van der Waals surface area contributed by atoms with Gasteiger partial charge in [0.1, 0.15) is 0 Å². The van der Waals surface area contributed by atoms with Crippen LogP contribution in [0.1, 0.15) is 136 Å². The molecule has 0 radical (unpaired) electrons. The van der Waals surface area contributed by atoms with Crippen LogP contribution >= 0.6 is 0 Å². The largest absolute Gasteiger partial charge is 0.390 e. The van der Waals surface area contributed by atoms with Gasteiger partial charge in [-0.15, -0.1) is 0 Å². The summed E-state index contributed by atoms with van der Waals surface area (Å²) in [5.41, 5.74) is 3.12. The first-order chi connectivity index (χ1) is 23.4. The Morgan fingerprint density at radius 2 is 1.35 bits per heavy atom. The average molecular weight is 712 g/mol. The second-order valence-corrected chi connectivity index (χ2v) is 17.8. The van der Waals surface area contributed by atoms with Crippen LogP contribution in [0.25, 0.3) is 0 Å². The highest BCUT2D eigenvalue weighted by Crippen LogP contribution is 2.36. The fourth-order valence-electron chi connectivity index (χ4n) is 8.26. The average Bonchev–Trinajstić information content (AvgIpc) is 3.10. The van der Waals surface area contributed by atoms with Gasteiger partial charge in [-0.1, -0.05) is 78.6 Å². The molecule has 3 aliphatic rings. The molecule has 3 aliphatic carbocycles. The standard InChI is InChI=1S/C37H69N5O6S/c1-6-9-22-42(39-36(45)29-18-14-11-15-19-29)27-34(43)33(23-28-16-12-10-13-17-28)38-35(44)30-24-31(37(46)41(20-7-2)21-8-3)26-32(25-30)49(47,48)40(4)5/h28-34,43H,6-27H2,1-5H3,(H,38,44)(H,39,45). The van der Waals surface area contributed by atoms with Crippen LogP contribution in [0.15, 0.2) is 0 Å². The fourth-order valence-corrected chi connectivity index (χ4v) is 9.80. The Morgan fingerprint density at radius 1 is 0.755 bits per heavy atom. The monoisotopic (exact) mass is 711 g/mol. The summed E-state index contributed by atoms with van der Waals surface area (Å²) in [6.45, 7) is 8.16. The zero-order valence-corrected chi connectivity index (χ0v) is 32.2. The van der Waals surface area contributed by atoms with E-state index in [0.717, 1.165) is 83.5 Å². The molecule has 5 atom stereocenters. The van der Waals surface area contributed by atoms with Gasteiger partial charge in [-0.3, -0.25) is 19.8 Å². The SMILES string of the molecule is CCCCN(CC(O)C(CC1CCCCC1)NC(=O)C1CC(C(=O)N(CCC)CCC)CC(S(=O)(=O)N(C)C)C1)NC(=O)C1CCCCC1. The zero-order valence-electron chi connectivity index (χ0n) is 31.3. The lowest BCUT2D eigenvalue weighted by Crippen LogP contribution is -2.55. The van der Waals surface area contributed by atoms with Crippen LogP contribution in [0.2, 0.25) is 0 Å². The number of amides is 3. The molecule has 0 aromatic carbocycles. The summed E-state index contributed by atoms with van der Waals surface area (Å²) < 4.78 is 28.1. The van der Waals surface area contributed by atoms with Crippen LogP contribution in [0.5, 0.6) is 0 Å². The second-order valence-electron chi connectivity index (χ2n) is 15.4. The van der Waals surface area contributed by atoms with Crippen molar-refractivity contribution < 1.29 is 27.9 Å². The molecule has 12 heteroatoms. The molecule has 0 aromatic heterocycles. The molecule has 0 saturated heterocycles. The first-order valence-electron chi connectivity index (χ1n) is 19.6. The first kappa shape index (κ1) is 41.7. The van der Waals surface area contributed by atoms with E-state index in [0.29, 0.717) is 38.4 Å². The molecule has 3 amide bonds. The quantitative estimate of drug-likeness (QED) is 0.163. The molecular weight excluding hydrogens is 643 g/mol. The Morgan fingerprint density at radius 3 is 1.92 bits per heavy atom. The minimum absolute atomic E-state index is 0.00770. The molecule has 3 rings (SSSR count). The van der Waals surface area contributed by atoms with E-state index in [1.54, 1.807) is 0 Å². The van der Waals surface area contributed by atoms with E-state index in [-0.39, 0.29) is 43.0 Å². The number of nitrogens with zero attached hydrogens (tertiary/aromatic N) is 3. The fraction of sp³-hybridized carbons (Fsp3) is 0.919. The van der Waals surface area contributed by atoms with Gasteiger partial charge in [-0.25, -0.2) is 17.7 Å². The molecule has 3 fully saturated rings. The Bertz CT molecular complexity index is 1120. The van der Waals surface area contributed by atoms with Gasteiger partial charge in [0, 0.05) is 58.0 Å². The van der Waals surface area contributed by atoms with E-state index in [4.69, 9.17) is 0 Å². The minimum atomic E-state index is -3.71. The van der Waals surface area contributed by atoms with E-state index in [2.05, 4.69) is 17.7 Å². The zero-order chi connectivity index (χ0) is 36.0. The molecular formula is C37H69N5O6S. The van der Waals surface area contributed by atoms with Crippen LogP contribution in [0, 0.1) is 23.7 Å². The number of rotatable bonds is 19. The van der Waals surface area contributed by atoms with Gasteiger partial charge < -0.3 is 15.3 Å². The Balaban J connectivity index is 1.82. The number of aliphatic hydroxyl groups is 1. The summed E-state index contributed by atoms with van der Waals surface area (Å²) in [5.74, 6) is -1.22. The number of carbonyl (C=O) groups is 3. The van der Waals surface area contributed by atoms with Crippen LogP contribution in [-0.2, 0) is 24.4 Å². The molecule has 0 bridgehead atoms. The highest BCUT2D eigenvalue weighted by atomic mass is 32.2. The van der Waals surface area contributed by atoms with Gasteiger partial charge in [0.15, 0.2) is 0 Å². The van der Waals surface area contributed by atoms with Crippen LogP contribution in [-0.4, -0.2) is 103 Å². The molecule has 3 saturated carbocycles. The van der Waals surface area contributed by atoms with E-state index in [9.17, 15) is 27.9 Å². The third kappa shape index (κ3) is 12.8. The van der Waals surface area contributed by atoms with Gasteiger partial charge in [0.05, 0.1) is 17.4 Å². The van der Waals surface area contributed by atoms with Crippen LogP contribution in [0.3, 0.4) is 0 Å². The lowest BCUT2D eigenvalue weighted by atomic mass is 9.79. The lowest BCUT2D eigenvalue weighted by molar-refractivity contribution is -0.139. The van der Waals surface area contributed by atoms with Gasteiger partial charge in [-0.05, 0) is 63.7 Å². The van der Waals surface area contributed by atoms with E-state index in [1.165, 1.54) is 24.8 Å². The summed E-state index contributed by atoms with van der Waals surface area (Å²) in [4.78, 5) is 43.0. The molecule has 0 heterocycles. The maximum Gasteiger partial charge on any atom is 0.237 e. The predicted molar refractivity (Wildman–Crippen MR) is 195 cm³/mol. The van der Waals surface area contributed by atoms with Crippen molar-refractivity contribution in [1.29, 1.82) is 0 Å². The molecule has 0 aliphatic heterocycles. The maximum atomic E-state index is 14.2. The molecule has 5 unspecified atom stereocenters. The number of nitrogens with one attached hydrogen (secondary N) is 2. The normalized spacial score (nSPS) is 24.0. The van der Waals surface area contributed by atoms with E-state index < -0.39 is 39.3 Å². The highest BCUT2D eigenvalue weighted by Gasteiger charge is 2.44. The molecule has 3 N–H and O–H groups in total. The van der Waals surface area contributed by atoms with Crippen molar-refractivity contribution in [1.82, 2.24) is 25.0 Å². The summed E-state index contributed by atoms with van der Waals surface area (Å²) in [7, 11) is -0.702. The van der Waals surface area contributed by atoms with Crippen molar-refractivity contribution >= 4 is 27.7 Å². The van der Waals surface area contributed by atoms with Gasteiger partial charge in [0.25, 0.3) is 0 Å². The number of unbranched alkanes of at least 4 members (excludes halogenated alkanes) is 1. The molecule has 11 nitrogen and oxygen atoms in total. The van der Waals surface area contributed by atoms with Crippen molar-refractivity contribution in [2.45, 2.75) is 154 Å². The Labute approximate surface area is 297 Å². The smallest absolute Gasteiger partial charge is 0.237 e. The lowest BCUT2D eigenvalue weighted by Gasteiger charge is -2.38. The van der Waals surface area contributed by atoms with Crippen molar-refractivity contribution in [2.75, 3.05) is 40.3 Å². The number of hydrogen-bond acceptors (Lipinski definition) is 7. The minimum Gasteiger partial charge on any atom is -0.390 e. The summed E-state index contributed by atoms with van der Waals surface area (Å²) in [6.07, 6.45) is 14.4. The number of aliphatic hydroxyl groups excluding tert-OH is 1. The molecule has 49 heavy (non-hydrogen) atoms. The maximum absolute atomic E-state index is 14.2. The molecule has 284 valence electrons. The molecule has 0 aromatic rings. The van der Waals surface area contributed by atoms with Crippen molar-refractivity contribution in [3.63, 3.8) is 0 Å². The predicted octanol–water partition coefficient (Wildman–Crippen LogP) is 4.84. The Hall–Kier alpha value is -1.76. The van der Waals surface area contributed by atoms with E-state index in [1.807, 2.05) is 23.8 Å². The number of hydrazine groups is 1. The van der Waals surface area contributed by atoms with Gasteiger partial charge >= 0.3 is 0 Å². The topological polar surface area (TPSA) is 139 Å².